The van der Waals surface area contributed by atoms with E-state index in [0.29, 0.717) is 0 Å². The van der Waals surface area contributed by atoms with Gasteiger partial charge in [0.2, 0.25) is 0 Å². The predicted octanol–water partition coefficient (Wildman–Crippen LogP) is 1.52. The molecule has 20 heteroatoms. The second kappa shape index (κ2) is 5.76. The van der Waals surface area contributed by atoms with Crippen LogP contribution >= 0.6 is 10.7 Å². The summed E-state index contributed by atoms with van der Waals surface area (Å²) in [6, 6.07) is 0. The third kappa shape index (κ3) is 3.62. The van der Waals surface area contributed by atoms with Crippen molar-refractivity contribution in [3.8, 4) is 0 Å². The maximum absolute atomic E-state index is 6.58. The molecule has 0 aromatic rings. The molecule has 0 amide bonds. The lowest BCUT2D eigenvalue weighted by Gasteiger charge is -2.60. The molecule has 11 nitrogen and oxygen atoms in total. The topological polar surface area (TPSA) is 102 Å². The molecule has 6 saturated heterocycles. The molecule has 160 valence electrons. The Morgan fingerprint density at radius 2 is 0.500 bits per heavy atom. The zero-order valence-corrected chi connectivity index (χ0v) is 25.7. The molecule has 0 radical (unpaired) electrons. The summed E-state index contributed by atoms with van der Waals surface area (Å²) in [6.07, 6.45) is 0. The normalized spacial score (nSPS) is 66.0. The largest absolute Gasteiger partial charge is 0.475 e. The van der Waals surface area contributed by atoms with Crippen molar-refractivity contribution in [2.45, 2.75) is 52.4 Å². The van der Waals surface area contributed by atoms with Crippen LogP contribution in [0.5, 0.6) is 0 Å². The van der Waals surface area contributed by atoms with E-state index >= 15 is 0 Å². The van der Waals surface area contributed by atoms with Crippen molar-refractivity contribution >= 4 is 78.9 Å². The van der Waals surface area contributed by atoms with E-state index in [1.165, 1.54) is 10.7 Å². The van der Waals surface area contributed by atoms with E-state index < -0.39 is 68.2 Å². The number of hydrogen-bond donors (Lipinski definition) is 0. The van der Waals surface area contributed by atoms with Crippen LogP contribution < -0.4 is 0 Å². The van der Waals surface area contributed by atoms with Gasteiger partial charge in [0.15, 0.2) is 0 Å². The standard InChI is InChI=1S/C8H24O11SSi8/c1-21-9-22(2)12-25(5)14-23(3,10-21)16-27(7)17-24(4,11-21)15-26(6,13-22)19-28(8,18-25)20-27/h1-8H3. The molecule has 6 fully saturated rings. The average Bonchev–Trinajstić information content (AvgIpc) is 2.22. The van der Waals surface area contributed by atoms with Gasteiger partial charge in [-0.3, -0.25) is 0 Å². The minimum absolute atomic E-state index is 1.51. The van der Waals surface area contributed by atoms with E-state index in [0.717, 1.165) is 0 Å². The van der Waals surface area contributed by atoms with Crippen LogP contribution in [-0.4, -0.2) is 68.2 Å². The van der Waals surface area contributed by atoms with Crippen LogP contribution in [0.4, 0.5) is 0 Å². The van der Waals surface area contributed by atoms with Crippen molar-refractivity contribution in [1.82, 2.24) is 0 Å². The third-order valence-corrected chi connectivity index (χ3v) is 49.7. The van der Waals surface area contributed by atoms with Crippen LogP contribution in [0.25, 0.3) is 0 Å². The third-order valence-electron chi connectivity index (χ3n) is 4.45. The molecule has 0 aliphatic carbocycles. The summed E-state index contributed by atoms with van der Waals surface area (Å²) in [7, 11) is -24.3. The number of rotatable bonds is 0. The summed E-state index contributed by atoms with van der Waals surface area (Å²) in [6.45, 7) is 14.7. The maximum Gasteiger partial charge on any atom is 0.475 e. The first-order valence-corrected chi connectivity index (χ1v) is 29.1. The summed E-state index contributed by atoms with van der Waals surface area (Å²) in [4.78, 5) is 0. The van der Waals surface area contributed by atoms with Crippen molar-refractivity contribution in [3.05, 3.63) is 0 Å². The molecule has 28 heavy (non-hydrogen) atoms. The van der Waals surface area contributed by atoms with Crippen LogP contribution in [0.2, 0.25) is 52.4 Å². The fourth-order valence-electron chi connectivity index (χ4n) is 4.54. The Morgan fingerprint density at radius 3 is 0.714 bits per heavy atom. The van der Waals surface area contributed by atoms with Gasteiger partial charge in [-0.1, -0.05) is 10.7 Å². The van der Waals surface area contributed by atoms with Gasteiger partial charge in [-0.15, -0.1) is 0 Å². The molecular weight excluding hydrogens is 529 g/mol. The fraction of sp³-hybridized carbons (Fsp3) is 1.00. The highest BCUT2D eigenvalue weighted by molar-refractivity contribution is 8.48. The molecule has 0 spiro atoms. The van der Waals surface area contributed by atoms with Crippen LogP contribution in [0, 0.1) is 0 Å². The van der Waals surface area contributed by atoms with Crippen LogP contribution in [-0.2, 0) is 45.3 Å². The monoisotopic (exact) mass is 552 g/mol. The average molecular weight is 553 g/mol. The highest BCUT2D eigenvalue weighted by Crippen LogP contribution is 2.52. The molecule has 0 saturated carbocycles. The Balaban J connectivity index is 1.79. The Kier molecular flexibility index (Phi) is 4.42. The van der Waals surface area contributed by atoms with E-state index in [9.17, 15) is 0 Å². The van der Waals surface area contributed by atoms with Gasteiger partial charge < -0.3 is 45.3 Å². The van der Waals surface area contributed by atoms with Gasteiger partial charge in [0.25, 0.3) is 0 Å². The molecule has 0 aromatic carbocycles. The Morgan fingerprint density at radius 1 is 0.321 bits per heavy atom. The highest BCUT2D eigenvalue weighted by atomic mass is 32.5. The van der Waals surface area contributed by atoms with Gasteiger partial charge in [-0.05, 0) is 13.1 Å². The molecule has 0 N–H and O–H groups in total. The van der Waals surface area contributed by atoms with Gasteiger partial charge in [-0.2, -0.15) is 0 Å². The van der Waals surface area contributed by atoms with Crippen LogP contribution in [0.15, 0.2) is 0 Å². The molecule has 8 bridgehead atoms. The molecule has 6 heterocycles. The summed E-state index contributed by atoms with van der Waals surface area (Å²) < 4.78 is 71.5. The summed E-state index contributed by atoms with van der Waals surface area (Å²) in [5.74, 6) is 0. The van der Waals surface area contributed by atoms with Crippen molar-refractivity contribution in [2.24, 2.45) is 0 Å². The second-order valence-corrected chi connectivity index (χ2v) is 38.0. The minimum Gasteiger partial charge on any atom is -0.387 e. The van der Waals surface area contributed by atoms with E-state index in [2.05, 4.69) is 0 Å². The smallest absolute Gasteiger partial charge is 0.387 e. The Hall–Kier alpha value is 1.65. The van der Waals surface area contributed by atoms with Gasteiger partial charge >= 0.3 is 68.2 Å². The van der Waals surface area contributed by atoms with Crippen LogP contribution in [0.3, 0.4) is 0 Å². The van der Waals surface area contributed by atoms with E-state index in [-0.39, 0.29) is 0 Å². The lowest BCUT2D eigenvalue weighted by molar-refractivity contribution is 0.0223. The summed E-state index contributed by atoms with van der Waals surface area (Å²) in [5, 5.41) is 0. The molecule has 6 aliphatic rings. The minimum atomic E-state index is -3.35. The van der Waals surface area contributed by atoms with Gasteiger partial charge in [0, 0.05) is 39.3 Å². The van der Waals surface area contributed by atoms with Gasteiger partial charge in [-0.25, -0.2) is 0 Å². The SMILES string of the molecule is C[Si]12O[Si]3(C)O[Si]4(C)O[Si](C)(O1)O[Si]1(C)O[Si](C)(O2)O[Si](C)(O3)O[Si](C)(O4)S1. The zero-order valence-electron chi connectivity index (χ0n) is 16.9. The zero-order chi connectivity index (χ0) is 20.5. The van der Waals surface area contributed by atoms with E-state index in [1.807, 2.05) is 39.3 Å². The molecule has 6 aliphatic heterocycles. The van der Waals surface area contributed by atoms with E-state index in [4.69, 9.17) is 45.3 Å². The summed E-state index contributed by atoms with van der Waals surface area (Å²) >= 11 is 0. The van der Waals surface area contributed by atoms with Crippen molar-refractivity contribution in [3.63, 3.8) is 0 Å². The molecule has 4 atom stereocenters. The quantitative estimate of drug-likeness (QED) is 0.407. The lowest BCUT2D eigenvalue weighted by atomic mass is 11.9. The molecule has 0 aromatic heterocycles. The molecule has 6 rings (SSSR count). The number of hydrogen-bond acceptors (Lipinski definition) is 12. The van der Waals surface area contributed by atoms with Crippen molar-refractivity contribution in [2.75, 3.05) is 0 Å². The molecule has 4 unspecified atom stereocenters. The first kappa shape index (κ1) is 21.5. The van der Waals surface area contributed by atoms with Gasteiger partial charge in [0.05, 0.1) is 0 Å². The first-order chi connectivity index (χ1) is 12.5. The highest BCUT2D eigenvalue weighted by Gasteiger charge is 2.77. The lowest BCUT2D eigenvalue weighted by Crippen LogP contribution is -2.84. The molecular formula is C8H24O11SSi8. The predicted molar refractivity (Wildman–Crippen MR) is 112 cm³/mol. The maximum atomic E-state index is 6.58. The first-order valence-electron chi connectivity index (χ1n) is 8.90. The Bertz CT molecular complexity index is 494. The van der Waals surface area contributed by atoms with Crippen molar-refractivity contribution < 1.29 is 45.3 Å². The fourth-order valence-corrected chi connectivity index (χ4v) is 65.9. The second-order valence-electron chi connectivity index (χ2n) is 8.12. The summed E-state index contributed by atoms with van der Waals surface area (Å²) in [5.41, 5.74) is 0. The van der Waals surface area contributed by atoms with E-state index in [1.54, 1.807) is 13.1 Å². The Labute approximate surface area is 176 Å². The van der Waals surface area contributed by atoms with Gasteiger partial charge in [0.1, 0.15) is 0 Å². The van der Waals surface area contributed by atoms with Crippen molar-refractivity contribution in [1.29, 1.82) is 0 Å². The van der Waals surface area contributed by atoms with Crippen LogP contribution in [0.1, 0.15) is 0 Å².